The number of likely N-dealkylation sites (tertiary alicyclic amines) is 1. The van der Waals surface area contributed by atoms with E-state index >= 15 is 0 Å². The van der Waals surface area contributed by atoms with E-state index in [9.17, 15) is 19.5 Å². The molecule has 1 fully saturated rings. The van der Waals surface area contributed by atoms with E-state index in [1.165, 1.54) is 4.90 Å². The van der Waals surface area contributed by atoms with Crippen LogP contribution in [0.3, 0.4) is 0 Å². The second kappa shape index (κ2) is 10.1. The highest BCUT2D eigenvalue weighted by Gasteiger charge is 2.50. The van der Waals surface area contributed by atoms with E-state index in [0.717, 1.165) is 22.3 Å². The summed E-state index contributed by atoms with van der Waals surface area (Å²) in [5.74, 6) is -1.39. The van der Waals surface area contributed by atoms with Crippen LogP contribution in [0.25, 0.3) is 11.1 Å². The van der Waals surface area contributed by atoms with Crippen LogP contribution in [0.2, 0.25) is 0 Å². The quantitative estimate of drug-likeness (QED) is 0.507. The summed E-state index contributed by atoms with van der Waals surface area (Å²) in [5.41, 5.74) is 2.74. The summed E-state index contributed by atoms with van der Waals surface area (Å²) in [6.07, 6.45) is 0.349. The van der Waals surface area contributed by atoms with Gasteiger partial charge in [0.2, 0.25) is 5.91 Å². The van der Waals surface area contributed by atoms with Crippen molar-refractivity contribution in [1.82, 2.24) is 10.2 Å². The van der Waals surface area contributed by atoms with Crippen LogP contribution in [0.1, 0.15) is 43.7 Å². The molecule has 1 aliphatic carbocycles. The first-order valence-electron chi connectivity index (χ1n) is 12.0. The van der Waals surface area contributed by atoms with Crippen molar-refractivity contribution >= 4 is 18.0 Å². The molecule has 0 radical (unpaired) electrons. The minimum Gasteiger partial charge on any atom is -0.479 e. The summed E-state index contributed by atoms with van der Waals surface area (Å²) in [6, 6.07) is 16.3. The zero-order valence-electron chi connectivity index (χ0n) is 20.1. The summed E-state index contributed by atoms with van der Waals surface area (Å²) in [5, 5.41) is 21.7. The number of benzene rings is 2. The van der Waals surface area contributed by atoms with E-state index < -0.39 is 17.7 Å². The average molecular weight is 481 g/mol. The number of carboxylic acid groups (broad SMARTS) is 1. The van der Waals surface area contributed by atoms with Crippen LogP contribution < -0.4 is 5.32 Å². The minimum atomic E-state index is -1.86. The molecular formula is C27H32N2O6. The van der Waals surface area contributed by atoms with Crippen LogP contribution in [0, 0.1) is 11.8 Å². The predicted molar refractivity (Wildman–Crippen MR) is 130 cm³/mol. The second-order valence-corrected chi connectivity index (χ2v) is 9.99. The zero-order valence-corrected chi connectivity index (χ0v) is 20.1. The second-order valence-electron chi connectivity index (χ2n) is 9.99. The number of β-amino-alcohol motifs (C(OH)–C–C–N with tert-alkyl or cyclic N) is 1. The molecule has 1 saturated heterocycles. The van der Waals surface area contributed by atoms with Crippen LogP contribution >= 0.6 is 0 Å². The van der Waals surface area contributed by atoms with Gasteiger partial charge in [-0.2, -0.15) is 0 Å². The Labute approximate surface area is 204 Å². The first-order valence-corrected chi connectivity index (χ1v) is 12.0. The SMILES string of the molecule is CC(C)C[C@H](CNC(=O)OCC1c2ccccc2-c2ccccc21)CC(=O)N1CC(O)(C(=O)O)C1. The number of fused-ring (bicyclic) bond motifs is 3. The van der Waals surface area contributed by atoms with Crippen molar-refractivity contribution in [3.8, 4) is 11.1 Å². The Morgan fingerprint density at radius 2 is 1.63 bits per heavy atom. The largest absolute Gasteiger partial charge is 0.479 e. The van der Waals surface area contributed by atoms with Gasteiger partial charge in [-0.15, -0.1) is 0 Å². The van der Waals surface area contributed by atoms with Crippen LogP contribution in [0.15, 0.2) is 48.5 Å². The lowest BCUT2D eigenvalue weighted by Crippen LogP contribution is -2.67. The fourth-order valence-corrected chi connectivity index (χ4v) is 5.06. The molecule has 1 aliphatic heterocycles. The summed E-state index contributed by atoms with van der Waals surface area (Å²) < 4.78 is 5.59. The molecule has 1 heterocycles. The maximum atomic E-state index is 12.6. The maximum Gasteiger partial charge on any atom is 0.407 e. The number of aliphatic carboxylic acids is 1. The van der Waals surface area contributed by atoms with Crippen molar-refractivity contribution in [2.75, 3.05) is 26.2 Å². The molecule has 3 N–H and O–H groups in total. The average Bonchev–Trinajstić information content (AvgIpc) is 3.12. The van der Waals surface area contributed by atoms with Crippen LogP contribution in [-0.4, -0.2) is 64.9 Å². The summed E-state index contributed by atoms with van der Waals surface area (Å²) in [4.78, 5) is 37.5. The van der Waals surface area contributed by atoms with E-state index in [1.54, 1.807) is 0 Å². The molecular weight excluding hydrogens is 448 g/mol. The fraction of sp³-hybridized carbons (Fsp3) is 0.444. The number of nitrogens with zero attached hydrogens (tertiary/aromatic N) is 1. The number of amides is 2. The maximum absolute atomic E-state index is 12.6. The normalized spacial score (nSPS) is 16.7. The number of carbonyl (C=O) groups excluding carboxylic acids is 2. The molecule has 2 aliphatic rings. The summed E-state index contributed by atoms with van der Waals surface area (Å²) in [7, 11) is 0. The standard InChI is InChI=1S/C27H32N2O6/c1-17(2)11-18(12-24(30)29-15-27(34,16-29)25(31)32)13-28-26(33)35-14-23-21-9-5-3-7-19(21)20-8-4-6-10-22(20)23/h3-10,17-18,23,34H,11-16H2,1-2H3,(H,28,33)(H,31,32)/t18-/m0/s1. The number of hydrogen-bond donors (Lipinski definition) is 3. The molecule has 1 atom stereocenters. The Bertz CT molecular complexity index is 1060. The lowest BCUT2D eigenvalue weighted by atomic mass is 9.90. The van der Waals surface area contributed by atoms with E-state index in [2.05, 4.69) is 29.6 Å². The van der Waals surface area contributed by atoms with Crippen LogP contribution in [-0.2, 0) is 14.3 Å². The molecule has 2 aromatic rings. The van der Waals surface area contributed by atoms with Crippen molar-refractivity contribution in [3.05, 3.63) is 59.7 Å². The summed E-state index contributed by atoms with van der Waals surface area (Å²) in [6.45, 7) is 4.15. The smallest absolute Gasteiger partial charge is 0.407 e. The van der Waals surface area contributed by atoms with Crippen LogP contribution in [0.5, 0.6) is 0 Å². The highest BCUT2D eigenvalue weighted by Crippen LogP contribution is 2.44. The van der Waals surface area contributed by atoms with Gasteiger partial charge in [-0.25, -0.2) is 9.59 Å². The van der Waals surface area contributed by atoms with Gasteiger partial charge < -0.3 is 25.2 Å². The third-order valence-electron chi connectivity index (χ3n) is 6.80. The molecule has 0 spiro atoms. The van der Waals surface area contributed by atoms with Crippen LogP contribution in [0.4, 0.5) is 4.79 Å². The molecule has 0 bridgehead atoms. The molecule has 0 aromatic heterocycles. The van der Waals surface area contributed by atoms with E-state index in [-0.39, 0.29) is 50.4 Å². The molecule has 8 nitrogen and oxygen atoms in total. The van der Waals surface area contributed by atoms with E-state index in [0.29, 0.717) is 12.3 Å². The number of carbonyl (C=O) groups is 3. The predicted octanol–water partition coefficient (Wildman–Crippen LogP) is 3.24. The molecule has 4 rings (SSSR count). The van der Waals surface area contributed by atoms with Gasteiger partial charge >= 0.3 is 12.1 Å². The van der Waals surface area contributed by atoms with E-state index in [1.807, 2.05) is 38.1 Å². The van der Waals surface area contributed by atoms with Crippen molar-refractivity contribution in [3.63, 3.8) is 0 Å². The van der Waals surface area contributed by atoms with Gasteiger partial charge in [0.15, 0.2) is 5.60 Å². The van der Waals surface area contributed by atoms with Gasteiger partial charge in [-0.05, 0) is 40.5 Å². The van der Waals surface area contributed by atoms with Crippen molar-refractivity contribution in [2.45, 2.75) is 38.2 Å². The summed E-state index contributed by atoms with van der Waals surface area (Å²) >= 11 is 0. The third kappa shape index (κ3) is 5.32. The Hall–Kier alpha value is -3.39. The fourth-order valence-electron chi connectivity index (χ4n) is 5.06. The third-order valence-corrected chi connectivity index (χ3v) is 6.80. The van der Waals surface area contributed by atoms with Gasteiger partial charge in [0.05, 0.1) is 13.1 Å². The van der Waals surface area contributed by atoms with Gasteiger partial charge in [-0.3, -0.25) is 4.79 Å². The zero-order chi connectivity index (χ0) is 25.2. The highest BCUT2D eigenvalue weighted by atomic mass is 16.5. The number of rotatable bonds is 9. The first kappa shape index (κ1) is 24.7. The molecule has 2 amide bonds. The van der Waals surface area contributed by atoms with Gasteiger partial charge in [0.25, 0.3) is 0 Å². The van der Waals surface area contributed by atoms with Gasteiger partial charge in [0.1, 0.15) is 6.61 Å². The number of nitrogens with one attached hydrogen (secondary N) is 1. The first-order chi connectivity index (χ1) is 16.7. The Morgan fingerprint density at radius 3 is 2.17 bits per heavy atom. The number of carboxylic acids is 1. The Balaban J connectivity index is 1.30. The molecule has 0 saturated carbocycles. The molecule has 2 aromatic carbocycles. The topological polar surface area (TPSA) is 116 Å². The lowest BCUT2D eigenvalue weighted by molar-refractivity contribution is -0.182. The van der Waals surface area contributed by atoms with Gasteiger partial charge in [-0.1, -0.05) is 62.4 Å². The molecule has 8 heteroatoms. The van der Waals surface area contributed by atoms with Crippen molar-refractivity contribution < 1.29 is 29.3 Å². The lowest BCUT2D eigenvalue weighted by Gasteiger charge is -2.43. The number of aliphatic hydroxyl groups is 1. The number of hydrogen-bond acceptors (Lipinski definition) is 5. The monoisotopic (exact) mass is 480 g/mol. The van der Waals surface area contributed by atoms with E-state index in [4.69, 9.17) is 9.84 Å². The number of alkyl carbamates (subject to hydrolysis) is 1. The Kier molecular flexibility index (Phi) is 7.12. The minimum absolute atomic E-state index is 0.0272. The molecule has 186 valence electrons. The molecule has 35 heavy (non-hydrogen) atoms. The number of ether oxygens (including phenoxy) is 1. The Morgan fingerprint density at radius 1 is 1.06 bits per heavy atom. The van der Waals surface area contributed by atoms with Gasteiger partial charge in [0, 0.05) is 18.9 Å². The van der Waals surface area contributed by atoms with Crippen molar-refractivity contribution in [1.29, 1.82) is 0 Å². The highest BCUT2D eigenvalue weighted by molar-refractivity contribution is 5.85. The molecule has 0 unspecified atom stereocenters. The van der Waals surface area contributed by atoms with Crippen molar-refractivity contribution in [2.24, 2.45) is 11.8 Å².